The van der Waals surface area contributed by atoms with Gasteiger partial charge in [0.1, 0.15) is 11.5 Å². The molecular weight excluding hydrogens is 260 g/mol. The summed E-state index contributed by atoms with van der Waals surface area (Å²) in [4.78, 5) is 2.50. The third-order valence-corrected chi connectivity index (χ3v) is 4.80. The average molecular weight is 288 g/mol. The molecule has 3 rings (SSSR count). The average Bonchev–Trinajstić information content (AvgIpc) is 3.00. The van der Waals surface area contributed by atoms with Crippen LogP contribution in [0.25, 0.3) is 0 Å². The second-order valence-corrected chi connectivity index (χ2v) is 7.01. The smallest absolute Gasteiger partial charge is 0.117 e. The first kappa shape index (κ1) is 14.9. The second kappa shape index (κ2) is 6.37. The van der Waals surface area contributed by atoms with Crippen molar-refractivity contribution >= 4 is 0 Å². The molecule has 0 spiro atoms. The van der Waals surface area contributed by atoms with E-state index in [1.165, 1.54) is 43.7 Å². The summed E-state index contributed by atoms with van der Waals surface area (Å²) >= 11 is 0. The predicted octanol–water partition coefficient (Wildman–Crippen LogP) is 3.53. The van der Waals surface area contributed by atoms with Crippen LogP contribution in [0.15, 0.2) is 28.7 Å². The molecule has 1 aliphatic carbocycles. The van der Waals surface area contributed by atoms with Gasteiger partial charge in [0, 0.05) is 18.5 Å². The Kier molecular flexibility index (Phi) is 4.51. The van der Waals surface area contributed by atoms with E-state index in [1.54, 1.807) is 0 Å². The van der Waals surface area contributed by atoms with Gasteiger partial charge in [-0.05, 0) is 57.3 Å². The first-order valence-electron chi connectivity index (χ1n) is 8.30. The van der Waals surface area contributed by atoms with Crippen LogP contribution in [0.4, 0.5) is 0 Å². The summed E-state index contributed by atoms with van der Waals surface area (Å²) in [5, 5.41) is 3.65. The standard InChI is InChI=1S/C18H28N2O/c1-13(2)12-20-8-6-15(7-9-20)19-11-16-4-5-18(21-16)17-10-14(17)3/h4-5,14-15,17,19H,1,6-12H2,2-3H3. The number of furan rings is 1. The molecule has 1 aromatic rings. The third kappa shape index (κ3) is 3.98. The van der Waals surface area contributed by atoms with Crippen LogP contribution in [0.5, 0.6) is 0 Å². The zero-order chi connectivity index (χ0) is 14.8. The largest absolute Gasteiger partial charge is 0.464 e. The number of piperidine rings is 1. The Morgan fingerprint density at radius 3 is 2.71 bits per heavy atom. The van der Waals surface area contributed by atoms with Gasteiger partial charge in [0.25, 0.3) is 0 Å². The van der Waals surface area contributed by atoms with Crippen molar-refractivity contribution in [3.63, 3.8) is 0 Å². The van der Waals surface area contributed by atoms with Crippen LogP contribution in [0.1, 0.15) is 50.5 Å². The number of rotatable bonds is 6. The molecule has 2 unspecified atom stereocenters. The van der Waals surface area contributed by atoms with Crippen molar-refractivity contribution < 1.29 is 4.42 Å². The number of nitrogens with zero attached hydrogens (tertiary/aromatic N) is 1. The van der Waals surface area contributed by atoms with Gasteiger partial charge in [0.2, 0.25) is 0 Å². The zero-order valence-electron chi connectivity index (χ0n) is 13.4. The van der Waals surface area contributed by atoms with Crippen molar-refractivity contribution in [2.75, 3.05) is 19.6 Å². The van der Waals surface area contributed by atoms with Crippen LogP contribution in [0.2, 0.25) is 0 Å². The van der Waals surface area contributed by atoms with E-state index in [4.69, 9.17) is 4.42 Å². The molecule has 2 fully saturated rings. The molecule has 1 saturated heterocycles. The fourth-order valence-electron chi connectivity index (χ4n) is 3.33. The van der Waals surface area contributed by atoms with Crippen LogP contribution in [-0.4, -0.2) is 30.6 Å². The molecule has 2 aliphatic rings. The van der Waals surface area contributed by atoms with E-state index in [0.29, 0.717) is 12.0 Å². The van der Waals surface area contributed by atoms with Gasteiger partial charge in [-0.1, -0.05) is 19.1 Å². The van der Waals surface area contributed by atoms with Crippen LogP contribution in [0, 0.1) is 5.92 Å². The molecule has 0 amide bonds. The van der Waals surface area contributed by atoms with E-state index < -0.39 is 0 Å². The molecule has 1 aliphatic heterocycles. The number of likely N-dealkylation sites (tertiary alicyclic amines) is 1. The highest BCUT2D eigenvalue weighted by Crippen LogP contribution is 2.47. The quantitative estimate of drug-likeness (QED) is 0.812. The highest BCUT2D eigenvalue weighted by Gasteiger charge is 2.36. The number of hydrogen-bond acceptors (Lipinski definition) is 3. The van der Waals surface area contributed by atoms with E-state index in [2.05, 4.69) is 42.8 Å². The lowest BCUT2D eigenvalue weighted by molar-refractivity contribution is 0.209. The molecule has 21 heavy (non-hydrogen) atoms. The maximum absolute atomic E-state index is 5.96. The maximum atomic E-state index is 5.96. The monoisotopic (exact) mass is 288 g/mol. The van der Waals surface area contributed by atoms with Gasteiger partial charge in [-0.15, -0.1) is 0 Å². The number of nitrogens with one attached hydrogen (secondary N) is 1. The molecule has 2 atom stereocenters. The van der Waals surface area contributed by atoms with Crippen molar-refractivity contribution in [1.29, 1.82) is 0 Å². The molecule has 1 saturated carbocycles. The van der Waals surface area contributed by atoms with Gasteiger partial charge in [0.15, 0.2) is 0 Å². The second-order valence-electron chi connectivity index (χ2n) is 7.01. The van der Waals surface area contributed by atoms with E-state index >= 15 is 0 Å². The lowest BCUT2D eigenvalue weighted by atomic mass is 10.0. The van der Waals surface area contributed by atoms with Crippen LogP contribution in [0.3, 0.4) is 0 Å². The molecular formula is C18H28N2O. The van der Waals surface area contributed by atoms with E-state index in [1.807, 2.05) is 0 Å². The fourth-order valence-corrected chi connectivity index (χ4v) is 3.33. The van der Waals surface area contributed by atoms with E-state index in [0.717, 1.165) is 24.8 Å². The molecule has 1 N–H and O–H groups in total. The lowest BCUT2D eigenvalue weighted by Gasteiger charge is -2.32. The van der Waals surface area contributed by atoms with Crippen LogP contribution >= 0.6 is 0 Å². The van der Waals surface area contributed by atoms with E-state index in [-0.39, 0.29) is 0 Å². The molecule has 3 nitrogen and oxygen atoms in total. The van der Waals surface area contributed by atoms with Crippen LogP contribution < -0.4 is 5.32 Å². The summed E-state index contributed by atoms with van der Waals surface area (Å²) in [5.41, 5.74) is 1.26. The molecule has 1 aromatic heterocycles. The topological polar surface area (TPSA) is 28.4 Å². The SMILES string of the molecule is C=C(C)CN1CCC(NCc2ccc(C3CC3C)o2)CC1. The Morgan fingerprint density at radius 1 is 1.38 bits per heavy atom. The molecule has 0 radical (unpaired) electrons. The van der Waals surface area contributed by atoms with Gasteiger partial charge < -0.3 is 9.73 Å². The van der Waals surface area contributed by atoms with Crippen LogP contribution in [-0.2, 0) is 6.54 Å². The van der Waals surface area contributed by atoms with E-state index in [9.17, 15) is 0 Å². The highest BCUT2D eigenvalue weighted by atomic mass is 16.3. The molecule has 2 heterocycles. The Hall–Kier alpha value is -1.06. The summed E-state index contributed by atoms with van der Waals surface area (Å²) in [7, 11) is 0. The first-order chi connectivity index (χ1) is 10.1. The summed E-state index contributed by atoms with van der Waals surface area (Å²) in [6.45, 7) is 12.7. The maximum Gasteiger partial charge on any atom is 0.117 e. The summed E-state index contributed by atoms with van der Waals surface area (Å²) < 4.78 is 5.96. The molecule has 0 bridgehead atoms. The predicted molar refractivity (Wildman–Crippen MR) is 86.3 cm³/mol. The molecule has 116 valence electrons. The first-order valence-corrected chi connectivity index (χ1v) is 8.30. The van der Waals surface area contributed by atoms with Gasteiger partial charge in [-0.25, -0.2) is 0 Å². The van der Waals surface area contributed by atoms with Gasteiger partial charge in [-0.3, -0.25) is 4.90 Å². The Labute approximate surface area is 128 Å². The Morgan fingerprint density at radius 2 is 2.10 bits per heavy atom. The summed E-state index contributed by atoms with van der Waals surface area (Å²) in [5.74, 6) is 3.78. The minimum atomic E-state index is 0.625. The van der Waals surface area contributed by atoms with Crippen molar-refractivity contribution in [3.8, 4) is 0 Å². The van der Waals surface area contributed by atoms with Gasteiger partial charge in [-0.2, -0.15) is 0 Å². The normalized spacial score (nSPS) is 27.0. The van der Waals surface area contributed by atoms with Gasteiger partial charge >= 0.3 is 0 Å². The van der Waals surface area contributed by atoms with Crippen molar-refractivity contribution in [2.24, 2.45) is 5.92 Å². The van der Waals surface area contributed by atoms with Crippen molar-refractivity contribution in [1.82, 2.24) is 10.2 Å². The zero-order valence-corrected chi connectivity index (χ0v) is 13.4. The third-order valence-electron chi connectivity index (χ3n) is 4.80. The molecule has 0 aromatic carbocycles. The summed E-state index contributed by atoms with van der Waals surface area (Å²) in [6, 6.07) is 4.93. The lowest BCUT2D eigenvalue weighted by Crippen LogP contribution is -2.42. The van der Waals surface area contributed by atoms with Gasteiger partial charge in [0.05, 0.1) is 6.54 Å². The molecule has 3 heteroatoms. The highest BCUT2D eigenvalue weighted by molar-refractivity contribution is 5.17. The Bertz CT molecular complexity index is 485. The van der Waals surface area contributed by atoms with Crippen molar-refractivity contribution in [3.05, 3.63) is 35.8 Å². The minimum Gasteiger partial charge on any atom is -0.464 e. The summed E-state index contributed by atoms with van der Waals surface area (Å²) in [6.07, 6.45) is 3.74. The minimum absolute atomic E-state index is 0.625. The Balaban J connectivity index is 1.40. The number of hydrogen-bond donors (Lipinski definition) is 1. The fraction of sp³-hybridized carbons (Fsp3) is 0.667. The van der Waals surface area contributed by atoms with Crippen molar-refractivity contribution in [2.45, 2.75) is 51.6 Å².